The zero-order chi connectivity index (χ0) is 16.7. The summed E-state index contributed by atoms with van der Waals surface area (Å²) in [4.78, 5) is 25.2. The summed E-state index contributed by atoms with van der Waals surface area (Å²) in [7, 11) is 1.85. The van der Waals surface area contributed by atoms with Gasteiger partial charge < -0.3 is 14.4 Å². The van der Waals surface area contributed by atoms with E-state index in [0.29, 0.717) is 24.6 Å². The number of fused-ring (bicyclic) bond motifs is 1. The molecule has 0 saturated carbocycles. The van der Waals surface area contributed by atoms with Gasteiger partial charge in [-0.15, -0.1) is 10.2 Å². The fourth-order valence-electron chi connectivity index (χ4n) is 3.13. The van der Waals surface area contributed by atoms with E-state index in [4.69, 9.17) is 0 Å². The van der Waals surface area contributed by atoms with Gasteiger partial charge in [0.2, 0.25) is 0 Å². The van der Waals surface area contributed by atoms with Crippen LogP contribution in [-0.4, -0.2) is 66.1 Å². The van der Waals surface area contributed by atoms with Crippen LogP contribution in [0.1, 0.15) is 16.2 Å². The van der Waals surface area contributed by atoms with Gasteiger partial charge in [0, 0.05) is 39.4 Å². The highest BCUT2D eigenvalue weighted by atomic mass is 16.2. The second kappa shape index (κ2) is 5.59. The standard InChI is InChI=1S/C15H18N8O/c1-11-13(20(2)9-17-11)14(24)22-7-5-21(6-8-22)12-3-4-16-15-19-18-10-23(12)15/h3-4,9-10H,5-8H2,1-2H3. The molecule has 3 aromatic heterocycles. The lowest BCUT2D eigenvalue weighted by atomic mass is 10.2. The maximum atomic E-state index is 12.7. The molecule has 0 atom stereocenters. The Labute approximate surface area is 138 Å². The van der Waals surface area contributed by atoms with Crippen molar-refractivity contribution in [3.63, 3.8) is 0 Å². The van der Waals surface area contributed by atoms with Gasteiger partial charge in [0.25, 0.3) is 11.7 Å². The second-order valence-electron chi connectivity index (χ2n) is 5.87. The van der Waals surface area contributed by atoms with Crippen molar-refractivity contribution in [2.45, 2.75) is 6.92 Å². The van der Waals surface area contributed by atoms with Crippen molar-refractivity contribution < 1.29 is 4.79 Å². The normalized spacial score (nSPS) is 15.2. The predicted octanol–water partition coefficient (Wildman–Crippen LogP) is 0.129. The molecule has 3 aromatic rings. The minimum Gasteiger partial charge on any atom is -0.354 e. The molecule has 4 heterocycles. The Hall–Kier alpha value is -2.97. The molecule has 0 spiro atoms. The van der Waals surface area contributed by atoms with Crippen molar-refractivity contribution in [1.29, 1.82) is 0 Å². The Balaban J connectivity index is 1.51. The average Bonchev–Trinajstić information content (AvgIpc) is 3.21. The van der Waals surface area contributed by atoms with Crippen LogP contribution in [0.2, 0.25) is 0 Å². The van der Waals surface area contributed by atoms with E-state index in [1.165, 1.54) is 0 Å². The summed E-state index contributed by atoms with van der Waals surface area (Å²) in [5.41, 5.74) is 1.43. The molecule has 1 aliphatic rings. The quantitative estimate of drug-likeness (QED) is 0.665. The molecule has 1 aliphatic heterocycles. The second-order valence-corrected chi connectivity index (χ2v) is 5.87. The van der Waals surface area contributed by atoms with Crippen LogP contribution in [0.5, 0.6) is 0 Å². The fourth-order valence-corrected chi connectivity index (χ4v) is 3.13. The zero-order valence-corrected chi connectivity index (χ0v) is 13.6. The van der Waals surface area contributed by atoms with E-state index >= 15 is 0 Å². The van der Waals surface area contributed by atoms with Crippen LogP contribution in [0.15, 0.2) is 24.9 Å². The molecular weight excluding hydrogens is 308 g/mol. The maximum absolute atomic E-state index is 12.7. The SMILES string of the molecule is Cc1ncn(C)c1C(=O)N1CCN(c2ccnc3nncn23)CC1. The van der Waals surface area contributed by atoms with Crippen molar-refractivity contribution in [3.8, 4) is 0 Å². The van der Waals surface area contributed by atoms with Crippen LogP contribution in [-0.2, 0) is 7.05 Å². The molecule has 124 valence electrons. The van der Waals surface area contributed by atoms with Gasteiger partial charge in [0.15, 0.2) is 0 Å². The number of carbonyl (C=O) groups is 1. The minimum atomic E-state index is 0.0383. The number of carbonyl (C=O) groups excluding carboxylic acids is 1. The highest BCUT2D eigenvalue weighted by molar-refractivity contribution is 5.93. The highest BCUT2D eigenvalue weighted by Gasteiger charge is 2.26. The molecule has 0 aromatic carbocycles. The molecule has 1 saturated heterocycles. The van der Waals surface area contributed by atoms with Crippen LogP contribution in [0, 0.1) is 6.92 Å². The van der Waals surface area contributed by atoms with Crippen LogP contribution in [0.3, 0.4) is 0 Å². The zero-order valence-electron chi connectivity index (χ0n) is 13.6. The molecular formula is C15H18N8O. The first-order valence-corrected chi connectivity index (χ1v) is 7.82. The molecule has 1 amide bonds. The number of imidazole rings is 1. The molecule has 0 N–H and O–H groups in total. The Kier molecular flexibility index (Phi) is 3.40. The van der Waals surface area contributed by atoms with E-state index in [2.05, 4.69) is 25.1 Å². The number of nitrogens with zero attached hydrogens (tertiary/aromatic N) is 8. The summed E-state index contributed by atoms with van der Waals surface area (Å²) < 4.78 is 3.65. The summed E-state index contributed by atoms with van der Waals surface area (Å²) in [5.74, 6) is 1.61. The third kappa shape index (κ3) is 2.29. The smallest absolute Gasteiger partial charge is 0.272 e. The van der Waals surface area contributed by atoms with Crippen molar-refractivity contribution in [1.82, 2.24) is 34.0 Å². The summed E-state index contributed by atoms with van der Waals surface area (Å²) in [6, 6.07) is 1.94. The van der Waals surface area contributed by atoms with E-state index in [0.717, 1.165) is 24.6 Å². The van der Waals surface area contributed by atoms with Gasteiger partial charge in [0.05, 0.1) is 12.0 Å². The van der Waals surface area contributed by atoms with E-state index in [9.17, 15) is 4.79 Å². The van der Waals surface area contributed by atoms with Gasteiger partial charge in [-0.05, 0) is 13.0 Å². The number of aryl methyl sites for hydroxylation is 2. The number of piperazine rings is 1. The number of amides is 1. The molecule has 1 fully saturated rings. The largest absolute Gasteiger partial charge is 0.354 e. The Morgan fingerprint density at radius 1 is 1.12 bits per heavy atom. The first kappa shape index (κ1) is 14.6. The van der Waals surface area contributed by atoms with Crippen molar-refractivity contribution in [3.05, 3.63) is 36.3 Å². The average molecular weight is 326 g/mol. The molecule has 4 rings (SSSR count). The monoisotopic (exact) mass is 326 g/mol. The predicted molar refractivity (Wildman–Crippen MR) is 86.8 cm³/mol. The van der Waals surface area contributed by atoms with E-state index in [-0.39, 0.29) is 5.91 Å². The first-order valence-electron chi connectivity index (χ1n) is 7.82. The lowest BCUT2D eigenvalue weighted by Crippen LogP contribution is -2.49. The Bertz CT molecular complexity index is 870. The topological polar surface area (TPSA) is 84.5 Å². The fraction of sp³-hybridized carbons (Fsp3) is 0.400. The van der Waals surface area contributed by atoms with E-state index in [1.807, 2.05) is 29.3 Å². The van der Waals surface area contributed by atoms with Gasteiger partial charge in [-0.1, -0.05) is 0 Å². The third-order valence-electron chi connectivity index (χ3n) is 4.40. The van der Waals surface area contributed by atoms with Gasteiger partial charge in [-0.3, -0.25) is 9.20 Å². The molecule has 0 unspecified atom stereocenters. The summed E-state index contributed by atoms with van der Waals surface area (Å²) in [6.07, 6.45) is 5.07. The summed E-state index contributed by atoms with van der Waals surface area (Å²) in [6.45, 7) is 4.69. The number of hydrogen-bond donors (Lipinski definition) is 0. The van der Waals surface area contributed by atoms with Crippen LogP contribution >= 0.6 is 0 Å². The van der Waals surface area contributed by atoms with Crippen molar-refractivity contribution >= 4 is 17.5 Å². The number of hydrogen-bond acceptors (Lipinski definition) is 6. The van der Waals surface area contributed by atoms with Gasteiger partial charge >= 0.3 is 0 Å². The van der Waals surface area contributed by atoms with Crippen LogP contribution in [0.25, 0.3) is 5.78 Å². The molecule has 24 heavy (non-hydrogen) atoms. The van der Waals surface area contributed by atoms with Gasteiger partial charge in [0.1, 0.15) is 17.8 Å². The van der Waals surface area contributed by atoms with E-state index in [1.54, 1.807) is 23.4 Å². The van der Waals surface area contributed by atoms with Crippen LogP contribution in [0.4, 0.5) is 5.82 Å². The maximum Gasteiger partial charge on any atom is 0.272 e. The van der Waals surface area contributed by atoms with Gasteiger partial charge in [-0.2, -0.15) is 0 Å². The molecule has 0 radical (unpaired) electrons. The van der Waals surface area contributed by atoms with Gasteiger partial charge in [-0.25, -0.2) is 9.97 Å². The molecule has 0 bridgehead atoms. The number of rotatable bonds is 2. The highest BCUT2D eigenvalue weighted by Crippen LogP contribution is 2.18. The lowest BCUT2D eigenvalue weighted by Gasteiger charge is -2.36. The van der Waals surface area contributed by atoms with Crippen molar-refractivity contribution in [2.24, 2.45) is 7.05 Å². The molecule has 9 heteroatoms. The summed E-state index contributed by atoms with van der Waals surface area (Å²) in [5, 5.41) is 7.87. The molecule has 9 nitrogen and oxygen atoms in total. The summed E-state index contributed by atoms with van der Waals surface area (Å²) >= 11 is 0. The van der Waals surface area contributed by atoms with Crippen molar-refractivity contribution in [2.75, 3.05) is 31.1 Å². The number of anilines is 1. The minimum absolute atomic E-state index is 0.0383. The lowest BCUT2D eigenvalue weighted by molar-refractivity contribution is 0.0736. The molecule has 0 aliphatic carbocycles. The Morgan fingerprint density at radius 3 is 2.62 bits per heavy atom. The first-order chi connectivity index (χ1) is 11.6. The van der Waals surface area contributed by atoms with Crippen LogP contribution < -0.4 is 4.90 Å². The third-order valence-corrected chi connectivity index (χ3v) is 4.40. The van der Waals surface area contributed by atoms with E-state index < -0.39 is 0 Å². The Morgan fingerprint density at radius 2 is 1.92 bits per heavy atom. The number of aromatic nitrogens is 6.